The first kappa shape index (κ1) is 33.9. The Morgan fingerprint density at radius 2 is 1.06 bits per heavy atom. The molecule has 36 heavy (non-hydrogen) atoms. The van der Waals surface area contributed by atoms with Crippen LogP contribution in [0, 0.1) is 0 Å². The van der Waals surface area contributed by atoms with Crippen molar-refractivity contribution in [3.8, 4) is 0 Å². The minimum Gasteiger partial charge on any atom is -0.462 e. The second-order valence-electron chi connectivity index (χ2n) is 6.65. The van der Waals surface area contributed by atoms with Gasteiger partial charge in [0.05, 0.1) is 6.61 Å². The van der Waals surface area contributed by atoms with Gasteiger partial charge < -0.3 is 4.74 Å². The molecule has 0 saturated carbocycles. The van der Waals surface area contributed by atoms with Crippen LogP contribution in [0.15, 0.2) is 11.7 Å². The second-order valence-corrected chi connectivity index (χ2v) is 6.65. The van der Waals surface area contributed by atoms with Gasteiger partial charge in [0.2, 0.25) is 0 Å². The van der Waals surface area contributed by atoms with Gasteiger partial charge >= 0.3 is 47.7 Å². The summed E-state index contributed by atoms with van der Waals surface area (Å²) in [6, 6.07) is 0. The highest BCUT2D eigenvalue weighted by Gasteiger charge is 2.95. The Morgan fingerprint density at radius 1 is 0.639 bits per heavy atom. The molecule has 2 nitrogen and oxygen atoms in total. The van der Waals surface area contributed by atoms with Gasteiger partial charge in [0.25, 0.3) is 12.5 Å². The Bertz CT molecular complexity index is 789. The number of esters is 1. The molecule has 0 aromatic rings. The van der Waals surface area contributed by atoms with Gasteiger partial charge in [-0.15, -0.1) is 0 Å². The van der Waals surface area contributed by atoms with E-state index >= 15 is 0 Å². The summed E-state index contributed by atoms with van der Waals surface area (Å²) in [6.45, 7) is -1.44. The Balaban J connectivity index is 5.77. The lowest BCUT2D eigenvalue weighted by atomic mass is 9.85. The van der Waals surface area contributed by atoms with E-state index in [4.69, 9.17) is 0 Å². The number of carbonyl (C=O) groups is 1. The molecule has 214 valence electrons. The zero-order valence-electron chi connectivity index (χ0n) is 16.4. The first-order valence-corrected chi connectivity index (χ1v) is 8.49. The van der Waals surface area contributed by atoms with E-state index in [1.807, 2.05) is 0 Å². The Labute approximate surface area is 186 Å². The van der Waals surface area contributed by atoms with Crippen LogP contribution in [-0.2, 0) is 9.53 Å². The van der Waals surface area contributed by atoms with Gasteiger partial charge in [-0.1, -0.05) is 0 Å². The minimum atomic E-state index is -8.56. The molecule has 0 fully saturated rings. The van der Waals surface area contributed by atoms with Crippen molar-refractivity contribution in [1.82, 2.24) is 0 Å². The molecule has 0 heterocycles. The van der Waals surface area contributed by atoms with E-state index in [1.54, 1.807) is 0 Å². The van der Waals surface area contributed by atoms with Crippen LogP contribution in [0.25, 0.3) is 0 Å². The van der Waals surface area contributed by atoms with E-state index in [-0.39, 0.29) is 0 Å². The van der Waals surface area contributed by atoms with Crippen LogP contribution < -0.4 is 0 Å². The molecular formula is C15H9F19O2. The number of rotatable bonds is 11. The highest BCUT2D eigenvalue weighted by molar-refractivity contribution is 5.89. The van der Waals surface area contributed by atoms with Crippen LogP contribution in [0.4, 0.5) is 83.4 Å². The molecule has 0 spiro atoms. The quantitative estimate of drug-likeness (QED) is 0.109. The van der Waals surface area contributed by atoms with Crippen molar-refractivity contribution in [2.24, 2.45) is 0 Å². The molecule has 0 unspecified atom stereocenters. The van der Waals surface area contributed by atoms with Gasteiger partial charge in [-0.25, -0.2) is 18.0 Å². The average Bonchev–Trinajstić information content (AvgIpc) is 2.63. The standard InChI is InChI=1S/C15H9F19O2/c16-6(17)5(7(18)19)8(35)36-4-2-1-3-9(20,21)11(23,24)13(27,28)12(25,26)10(22,14(29,30)31)15(32,33)34/h6H,1-4H2. The summed E-state index contributed by atoms with van der Waals surface area (Å²) in [5.41, 5.74) is -10.9. The molecule has 0 rings (SSSR count). The molecule has 0 bridgehead atoms. The Hall–Kier alpha value is -2.12. The van der Waals surface area contributed by atoms with E-state index in [0.717, 1.165) is 0 Å². The highest BCUT2D eigenvalue weighted by Crippen LogP contribution is 2.64. The summed E-state index contributed by atoms with van der Waals surface area (Å²) >= 11 is 0. The van der Waals surface area contributed by atoms with Gasteiger partial charge in [-0.05, 0) is 12.8 Å². The zero-order chi connectivity index (χ0) is 29.3. The predicted molar refractivity (Wildman–Crippen MR) is 75.8 cm³/mol. The third kappa shape index (κ3) is 5.72. The normalized spacial score (nSPS) is 14.8. The van der Waals surface area contributed by atoms with E-state index < -0.39 is 91.6 Å². The molecule has 0 N–H and O–H groups in total. The lowest BCUT2D eigenvalue weighted by Crippen LogP contribution is -2.75. The maximum Gasteiger partial charge on any atom is 0.438 e. The lowest BCUT2D eigenvalue weighted by molar-refractivity contribution is -0.457. The zero-order valence-corrected chi connectivity index (χ0v) is 16.4. The van der Waals surface area contributed by atoms with Crippen LogP contribution in [0.3, 0.4) is 0 Å². The number of hydrogen-bond acceptors (Lipinski definition) is 2. The number of carbonyl (C=O) groups excluding carboxylic acids is 1. The third-order valence-electron chi connectivity index (χ3n) is 4.22. The molecule has 0 radical (unpaired) electrons. The highest BCUT2D eigenvalue weighted by atomic mass is 19.4. The topological polar surface area (TPSA) is 26.3 Å². The fourth-order valence-electron chi connectivity index (χ4n) is 2.26. The summed E-state index contributed by atoms with van der Waals surface area (Å²) in [5, 5.41) is 0. The van der Waals surface area contributed by atoms with E-state index in [9.17, 15) is 88.2 Å². The summed E-state index contributed by atoms with van der Waals surface area (Å²) in [7, 11) is 0. The van der Waals surface area contributed by atoms with Crippen molar-refractivity contribution in [1.29, 1.82) is 0 Å². The Kier molecular flexibility index (Phi) is 9.72. The van der Waals surface area contributed by atoms with Gasteiger partial charge in [-0.2, -0.15) is 70.2 Å². The average molecular weight is 582 g/mol. The second kappa shape index (κ2) is 10.3. The molecular weight excluding hydrogens is 573 g/mol. The summed E-state index contributed by atoms with van der Waals surface area (Å²) in [6.07, 6.45) is -29.2. The van der Waals surface area contributed by atoms with Crippen LogP contribution >= 0.6 is 0 Å². The molecule has 0 atom stereocenters. The summed E-state index contributed by atoms with van der Waals surface area (Å²) in [4.78, 5) is 10.9. The van der Waals surface area contributed by atoms with Gasteiger partial charge in [0.15, 0.2) is 5.57 Å². The van der Waals surface area contributed by atoms with Crippen LogP contribution in [-0.4, -0.2) is 60.7 Å². The van der Waals surface area contributed by atoms with Gasteiger partial charge in [0, 0.05) is 6.42 Å². The number of unbranched alkanes of at least 4 members (excludes halogenated alkanes) is 1. The maximum atomic E-state index is 13.6. The number of hydrogen-bond donors (Lipinski definition) is 0. The van der Waals surface area contributed by atoms with E-state index in [1.165, 1.54) is 0 Å². The van der Waals surface area contributed by atoms with Crippen LogP contribution in [0.2, 0.25) is 0 Å². The number of alkyl halides is 17. The first-order valence-electron chi connectivity index (χ1n) is 8.49. The molecule has 21 heteroatoms. The van der Waals surface area contributed by atoms with Crippen molar-refractivity contribution in [2.45, 2.75) is 67.4 Å². The van der Waals surface area contributed by atoms with Gasteiger partial charge in [-0.3, -0.25) is 0 Å². The largest absolute Gasteiger partial charge is 0.462 e. The van der Waals surface area contributed by atoms with Crippen molar-refractivity contribution < 1.29 is 92.9 Å². The van der Waals surface area contributed by atoms with Crippen molar-refractivity contribution in [3.05, 3.63) is 11.7 Å². The van der Waals surface area contributed by atoms with E-state index in [0.29, 0.717) is 0 Å². The third-order valence-corrected chi connectivity index (χ3v) is 4.22. The van der Waals surface area contributed by atoms with Crippen LogP contribution in [0.5, 0.6) is 0 Å². The minimum absolute atomic E-state index is 1.26. The van der Waals surface area contributed by atoms with E-state index in [2.05, 4.69) is 4.74 Å². The van der Waals surface area contributed by atoms with Crippen molar-refractivity contribution in [2.75, 3.05) is 6.61 Å². The fraction of sp³-hybridized carbons (Fsp3) is 0.800. The monoisotopic (exact) mass is 582 g/mol. The molecule has 0 saturated heterocycles. The molecule has 0 aliphatic rings. The van der Waals surface area contributed by atoms with Crippen molar-refractivity contribution >= 4 is 5.97 Å². The van der Waals surface area contributed by atoms with Gasteiger partial charge in [0.1, 0.15) is 0 Å². The molecule has 0 aliphatic heterocycles. The summed E-state index contributed by atoms with van der Waals surface area (Å²) in [5.74, 6) is -33.7. The molecule has 0 aromatic carbocycles. The Morgan fingerprint density at radius 3 is 1.39 bits per heavy atom. The smallest absolute Gasteiger partial charge is 0.438 e. The molecule has 0 amide bonds. The fourth-order valence-corrected chi connectivity index (χ4v) is 2.26. The SMILES string of the molecule is O=C(OCCCCC(F)(F)C(F)(F)C(F)(F)C(F)(F)C(F)(C(F)(F)F)C(F)(F)F)C(=C(F)F)C(F)F. The number of ether oxygens (including phenoxy) is 1. The van der Waals surface area contributed by atoms with Crippen LogP contribution in [0.1, 0.15) is 19.3 Å². The summed E-state index contributed by atoms with van der Waals surface area (Å²) < 4.78 is 248. The molecule has 0 aromatic heterocycles. The maximum absolute atomic E-state index is 13.6. The molecule has 0 aliphatic carbocycles. The first-order chi connectivity index (χ1) is 15.6. The predicted octanol–water partition coefficient (Wildman–Crippen LogP) is 7.49. The number of halogens is 19. The lowest BCUT2D eigenvalue weighted by Gasteiger charge is -2.43. The van der Waals surface area contributed by atoms with Crippen molar-refractivity contribution in [3.63, 3.8) is 0 Å².